The first-order valence-electron chi connectivity index (χ1n) is 9.59. The van der Waals surface area contributed by atoms with E-state index in [1.165, 1.54) is 11.1 Å². The van der Waals surface area contributed by atoms with Gasteiger partial charge in [-0.25, -0.2) is 0 Å². The number of hydrogen-bond donors (Lipinski definition) is 0. The monoisotopic (exact) mass is 345 g/mol. The third-order valence-corrected chi connectivity index (χ3v) is 5.84. The molecular formula is C23H23NO2. The van der Waals surface area contributed by atoms with Crippen LogP contribution in [0.1, 0.15) is 31.2 Å². The maximum Gasteiger partial charge on any atom is 0.225 e. The van der Waals surface area contributed by atoms with Crippen molar-refractivity contribution in [3.8, 4) is 16.9 Å². The highest BCUT2D eigenvalue weighted by atomic mass is 16.5. The van der Waals surface area contributed by atoms with Crippen molar-refractivity contribution < 1.29 is 9.53 Å². The van der Waals surface area contributed by atoms with Crippen LogP contribution in [0.5, 0.6) is 5.75 Å². The van der Waals surface area contributed by atoms with Crippen molar-refractivity contribution in [3.63, 3.8) is 0 Å². The molecule has 5 rings (SSSR count). The van der Waals surface area contributed by atoms with Gasteiger partial charge in [0, 0.05) is 37.4 Å². The SMILES string of the molecule is O=C(C1CC1)N1CCC2(C=Cc3cc(-c4ccccc4)ccc3O2)CC1. The summed E-state index contributed by atoms with van der Waals surface area (Å²) in [7, 11) is 0. The van der Waals surface area contributed by atoms with Crippen LogP contribution in [0.15, 0.2) is 54.6 Å². The Bertz CT molecular complexity index is 859. The quantitative estimate of drug-likeness (QED) is 0.800. The molecule has 132 valence electrons. The lowest BCUT2D eigenvalue weighted by Gasteiger charge is -2.42. The predicted octanol–water partition coefficient (Wildman–Crippen LogP) is 4.53. The minimum atomic E-state index is -0.248. The predicted molar refractivity (Wildman–Crippen MR) is 103 cm³/mol. The molecule has 3 nitrogen and oxygen atoms in total. The number of likely N-dealkylation sites (tertiary alicyclic amines) is 1. The molecule has 2 aromatic carbocycles. The van der Waals surface area contributed by atoms with Gasteiger partial charge in [0.25, 0.3) is 0 Å². The molecule has 1 saturated heterocycles. The van der Waals surface area contributed by atoms with Gasteiger partial charge in [0.05, 0.1) is 0 Å². The summed E-state index contributed by atoms with van der Waals surface area (Å²) in [6, 6.07) is 16.8. The Hall–Kier alpha value is -2.55. The van der Waals surface area contributed by atoms with Gasteiger partial charge in [-0.2, -0.15) is 0 Å². The molecule has 1 spiro atoms. The summed E-state index contributed by atoms with van der Waals surface area (Å²) >= 11 is 0. The number of nitrogens with zero attached hydrogens (tertiary/aromatic N) is 1. The highest BCUT2D eigenvalue weighted by Crippen LogP contribution is 2.40. The van der Waals surface area contributed by atoms with Crippen LogP contribution >= 0.6 is 0 Å². The lowest BCUT2D eigenvalue weighted by atomic mass is 9.87. The molecule has 0 bridgehead atoms. The fourth-order valence-electron chi connectivity index (χ4n) is 4.04. The van der Waals surface area contributed by atoms with Crippen LogP contribution in [-0.2, 0) is 4.79 Å². The molecule has 0 aromatic heterocycles. The number of carbonyl (C=O) groups is 1. The van der Waals surface area contributed by atoms with Gasteiger partial charge < -0.3 is 9.64 Å². The third kappa shape index (κ3) is 2.82. The van der Waals surface area contributed by atoms with E-state index in [1.807, 2.05) is 11.0 Å². The Kier molecular flexibility index (Phi) is 3.63. The van der Waals surface area contributed by atoms with Crippen molar-refractivity contribution >= 4 is 12.0 Å². The van der Waals surface area contributed by atoms with Gasteiger partial charge in [-0.05, 0) is 42.2 Å². The number of amides is 1. The molecule has 0 atom stereocenters. The molecule has 1 saturated carbocycles. The van der Waals surface area contributed by atoms with Crippen LogP contribution in [0, 0.1) is 5.92 Å². The van der Waals surface area contributed by atoms with Crippen LogP contribution in [0.25, 0.3) is 17.2 Å². The highest BCUT2D eigenvalue weighted by Gasteiger charge is 2.41. The number of rotatable bonds is 2. The van der Waals surface area contributed by atoms with Crippen LogP contribution in [0.3, 0.4) is 0 Å². The number of carbonyl (C=O) groups excluding carboxylic acids is 1. The van der Waals surface area contributed by atoms with Gasteiger partial charge >= 0.3 is 0 Å². The van der Waals surface area contributed by atoms with E-state index in [-0.39, 0.29) is 5.60 Å². The van der Waals surface area contributed by atoms with Crippen LogP contribution in [-0.4, -0.2) is 29.5 Å². The molecule has 3 aliphatic rings. The van der Waals surface area contributed by atoms with Crippen molar-refractivity contribution in [2.75, 3.05) is 13.1 Å². The highest BCUT2D eigenvalue weighted by molar-refractivity contribution is 5.81. The van der Waals surface area contributed by atoms with Crippen molar-refractivity contribution in [3.05, 3.63) is 60.2 Å². The second-order valence-electron chi connectivity index (χ2n) is 7.72. The molecule has 0 N–H and O–H groups in total. The maximum atomic E-state index is 12.3. The largest absolute Gasteiger partial charge is 0.482 e. The van der Waals surface area contributed by atoms with Gasteiger partial charge in [0.2, 0.25) is 5.91 Å². The average Bonchev–Trinajstić information content (AvgIpc) is 3.54. The van der Waals surface area contributed by atoms with E-state index in [1.54, 1.807) is 0 Å². The molecule has 1 aliphatic carbocycles. The van der Waals surface area contributed by atoms with Crippen LogP contribution in [0.4, 0.5) is 0 Å². The van der Waals surface area contributed by atoms with E-state index in [2.05, 4.69) is 54.6 Å². The normalized spacial score (nSPS) is 20.5. The molecule has 0 radical (unpaired) electrons. The third-order valence-electron chi connectivity index (χ3n) is 5.84. The fraction of sp³-hybridized carbons (Fsp3) is 0.348. The first kappa shape index (κ1) is 15.7. The molecule has 26 heavy (non-hydrogen) atoms. The summed E-state index contributed by atoms with van der Waals surface area (Å²) in [6.45, 7) is 1.61. The van der Waals surface area contributed by atoms with Gasteiger partial charge in [0.1, 0.15) is 11.4 Å². The second-order valence-corrected chi connectivity index (χ2v) is 7.72. The van der Waals surface area contributed by atoms with E-state index >= 15 is 0 Å². The molecule has 2 aromatic rings. The van der Waals surface area contributed by atoms with E-state index in [0.29, 0.717) is 11.8 Å². The van der Waals surface area contributed by atoms with Crippen LogP contribution in [0.2, 0.25) is 0 Å². The summed E-state index contributed by atoms with van der Waals surface area (Å²) in [6.07, 6.45) is 8.32. The molecule has 3 heteroatoms. The molecule has 0 unspecified atom stereocenters. The summed E-state index contributed by atoms with van der Waals surface area (Å²) < 4.78 is 6.43. The molecule has 2 fully saturated rings. The summed E-state index contributed by atoms with van der Waals surface area (Å²) in [5.74, 6) is 1.62. The fourth-order valence-corrected chi connectivity index (χ4v) is 4.04. The number of piperidine rings is 1. The number of fused-ring (bicyclic) bond motifs is 1. The second kappa shape index (κ2) is 6.01. The smallest absolute Gasteiger partial charge is 0.225 e. The van der Waals surface area contributed by atoms with E-state index in [4.69, 9.17) is 4.74 Å². The van der Waals surface area contributed by atoms with Crippen molar-refractivity contribution in [1.29, 1.82) is 0 Å². The van der Waals surface area contributed by atoms with Gasteiger partial charge in [0.15, 0.2) is 0 Å². The average molecular weight is 345 g/mol. The summed E-state index contributed by atoms with van der Waals surface area (Å²) in [5.41, 5.74) is 3.31. The van der Waals surface area contributed by atoms with E-state index in [9.17, 15) is 4.79 Å². The Morgan fingerprint density at radius 3 is 2.50 bits per heavy atom. The Balaban J connectivity index is 1.33. The number of benzene rings is 2. The zero-order valence-corrected chi connectivity index (χ0v) is 14.9. The zero-order valence-electron chi connectivity index (χ0n) is 14.9. The Morgan fingerprint density at radius 2 is 1.77 bits per heavy atom. The topological polar surface area (TPSA) is 29.5 Å². The number of ether oxygens (including phenoxy) is 1. The Morgan fingerprint density at radius 1 is 1.00 bits per heavy atom. The summed E-state index contributed by atoms with van der Waals surface area (Å²) in [5, 5.41) is 0. The molecule has 2 heterocycles. The summed E-state index contributed by atoms with van der Waals surface area (Å²) in [4.78, 5) is 14.3. The van der Waals surface area contributed by atoms with Gasteiger partial charge in [-0.1, -0.05) is 42.5 Å². The molecular weight excluding hydrogens is 322 g/mol. The minimum absolute atomic E-state index is 0.248. The molecule has 1 amide bonds. The first-order valence-corrected chi connectivity index (χ1v) is 9.59. The van der Waals surface area contributed by atoms with Gasteiger partial charge in [-0.3, -0.25) is 4.79 Å². The lowest BCUT2D eigenvalue weighted by molar-refractivity contribution is -0.135. The first-order chi connectivity index (χ1) is 12.7. The van der Waals surface area contributed by atoms with Crippen molar-refractivity contribution in [1.82, 2.24) is 4.90 Å². The van der Waals surface area contributed by atoms with Crippen molar-refractivity contribution in [2.45, 2.75) is 31.3 Å². The number of hydrogen-bond acceptors (Lipinski definition) is 2. The zero-order chi connectivity index (χ0) is 17.6. The van der Waals surface area contributed by atoms with Gasteiger partial charge in [-0.15, -0.1) is 0 Å². The maximum absolute atomic E-state index is 12.3. The van der Waals surface area contributed by atoms with E-state index in [0.717, 1.165) is 50.1 Å². The van der Waals surface area contributed by atoms with Crippen molar-refractivity contribution in [2.24, 2.45) is 5.92 Å². The van der Waals surface area contributed by atoms with E-state index < -0.39 is 0 Å². The standard InChI is InChI=1S/C23H23NO2/c25-22(18-6-7-18)24-14-12-23(13-15-24)11-10-20-16-19(8-9-21(20)26-23)17-4-2-1-3-5-17/h1-5,8-11,16,18H,6-7,12-15H2. The molecule has 2 aliphatic heterocycles. The van der Waals surface area contributed by atoms with Crippen LogP contribution < -0.4 is 4.74 Å². The minimum Gasteiger partial charge on any atom is -0.482 e. The lowest BCUT2D eigenvalue weighted by Crippen LogP contribution is -2.49. The Labute approximate surface area is 154 Å².